The predicted octanol–water partition coefficient (Wildman–Crippen LogP) is -0.719. The molecule has 1 saturated heterocycles. The number of hydrogen-bond acceptors (Lipinski definition) is 8. The summed E-state index contributed by atoms with van der Waals surface area (Å²) in [5.41, 5.74) is 0.769. The normalized spacial score (nSPS) is 28.5. The Morgan fingerprint density at radius 3 is 2.81 bits per heavy atom. The van der Waals surface area contributed by atoms with Gasteiger partial charge in [-0.3, -0.25) is 0 Å². The number of H-pyrrole nitrogens is 1. The van der Waals surface area contributed by atoms with Crippen LogP contribution in [0, 0.1) is 0 Å². The molecule has 1 aliphatic rings. The van der Waals surface area contributed by atoms with Crippen LogP contribution in [0.3, 0.4) is 0 Å². The molecule has 9 nitrogen and oxygen atoms in total. The van der Waals surface area contributed by atoms with Gasteiger partial charge in [0.1, 0.15) is 12.2 Å². The number of fused-ring (bicyclic) bond motifs is 1. The van der Waals surface area contributed by atoms with E-state index in [-0.39, 0.29) is 25.4 Å². The molecule has 26 heavy (non-hydrogen) atoms. The standard InChI is InChI=1S/C17H21NO8/c19-6-3-7-24-13-14(26-17(23,9-20)15(13)21)16(22)25-12-8-18-11-5-2-1-4-10(11)12/h1-2,4-5,8,13-15,18-21,23H,3,6-7,9H2/t13-,14+,15+,17-/m0/s1. The molecule has 3 rings (SSSR count). The molecule has 0 radical (unpaired) electrons. The van der Waals surface area contributed by atoms with Gasteiger partial charge in [-0.25, -0.2) is 4.79 Å². The van der Waals surface area contributed by atoms with E-state index in [1.165, 1.54) is 6.20 Å². The zero-order valence-corrected chi connectivity index (χ0v) is 13.9. The minimum atomic E-state index is -2.34. The molecule has 0 unspecified atom stereocenters. The van der Waals surface area contributed by atoms with Crippen molar-refractivity contribution >= 4 is 16.9 Å². The predicted molar refractivity (Wildman–Crippen MR) is 88.3 cm³/mol. The SMILES string of the molecule is O=C(Oc1c[nH]c2ccccc12)[C@@H]1O[C@@](O)(CO)[C@H](O)[C@H]1OCCCO. The first-order valence-corrected chi connectivity index (χ1v) is 8.19. The van der Waals surface area contributed by atoms with Gasteiger partial charge in [0.2, 0.25) is 5.79 Å². The van der Waals surface area contributed by atoms with Crippen LogP contribution in [0.2, 0.25) is 0 Å². The van der Waals surface area contributed by atoms with Crippen LogP contribution in [-0.4, -0.2) is 75.3 Å². The lowest BCUT2D eigenvalue weighted by molar-refractivity contribution is -0.246. The molecule has 2 aromatic rings. The second-order valence-electron chi connectivity index (χ2n) is 6.02. The van der Waals surface area contributed by atoms with E-state index in [2.05, 4.69) is 4.98 Å². The van der Waals surface area contributed by atoms with Crippen LogP contribution >= 0.6 is 0 Å². The molecular weight excluding hydrogens is 346 g/mol. The minimum Gasteiger partial charge on any atom is -0.422 e. The fourth-order valence-corrected chi connectivity index (χ4v) is 2.85. The lowest BCUT2D eigenvalue weighted by Crippen LogP contribution is -2.47. The average Bonchev–Trinajstić information content (AvgIpc) is 3.16. The van der Waals surface area contributed by atoms with Crippen molar-refractivity contribution in [3.05, 3.63) is 30.5 Å². The fraction of sp³-hybridized carbons (Fsp3) is 0.471. The maximum absolute atomic E-state index is 12.6. The van der Waals surface area contributed by atoms with Gasteiger partial charge < -0.3 is 39.6 Å². The topological polar surface area (TPSA) is 141 Å². The summed E-state index contributed by atoms with van der Waals surface area (Å²) in [6.07, 6.45) is -2.59. The van der Waals surface area contributed by atoms with E-state index in [0.717, 1.165) is 5.52 Å². The molecule has 1 aliphatic heterocycles. The maximum atomic E-state index is 12.6. The molecule has 0 spiro atoms. The Labute approximate surface area is 148 Å². The first kappa shape index (κ1) is 18.8. The van der Waals surface area contributed by atoms with Crippen LogP contribution in [0.15, 0.2) is 30.5 Å². The van der Waals surface area contributed by atoms with Crippen molar-refractivity contribution in [1.82, 2.24) is 4.98 Å². The Morgan fingerprint density at radius 1 is 1.31 bits per heavy atom. The van der Waals surface area contributed by atoms with Crippen molar-refractivity contribution in [2.24, 2.45) is 0 Å². The minimum absolute atomic E-state index is 0.0277. The number of benzene rings is 1. The number of hydrogen-bond donors (Lipinski definition) is 5. The fourth-order valence-electron chi connectivity index (χ4n) is 2.85. The number of aliphatic hydroxyl groups is 4. The molecule has 0 amide bonds. The average molecular weight is 367 g/mol. The molecule has 9 heteroatoms. The van der Waals surface area contributed by atoms with Crippen molar-refractivity contribution in [1.29, 1.82) is 0 Å². The Hall–Kier alpha value is -2.01. The molecule has 1 aromatic carbocycles. The maximum Gasteiger partial charge on any atom is 0.343 e. The number of ether oxygens (including phenoxy) is 3. The van der Waals surface area contributed by atoms with E-state index in [9.17, 15) is 20.1 Å². The number of esters is 1. The van der Waals surface area contributed by atoms with E-state index in [1.54, 1.807) is 12.1 Å². The van der Waals surface area contributed by atoms with Crippen LogP contribution in [0.1, 0.15) is 6.42 Å². The molecule has 2 heterocycles. The van der Waals surface area contributed by atoms with E-state index < -0.39 is 36.7 Å². The number of para-hydroxylation sites is 1. The number of carbonyl (C=O) groups excluding carboxylic acids is 1. The molecule has 1 aromatic heterocycles. The van der Waals surface area contributed by atoms with Gasteiger partial charge in [0.15, 0.2) is 11.9 Å². The van der Waals surface area contributed by atoms with Crippen molar-refractivity contribution in [2.75, 3.05) is 19.8 Å². The first-order chi connectivity index (χ1) is 12.5. The summed E-state index contributed by atoms with van der Waals surface area (Å²) < 4.78 is 15.9. The quantitative estimate of drug-likeness (QED) is 0.319. The smallest absolute Gasteiger partial charge is 0.343 e. The van der Waals surface area contributed by atoms with Gasteiger partial charge in [-0.15, -0.1) is 0 Å². The van der Waals surface area contributed by atoms with Crippen LogP contribution in [0.4, 0.5) is 0 Å². The zero-order chi connectivity index (χ0) is 18.7. The summed E-state index contributed by atoms with van der Waals surface area (Å²) in [6, 6.07) is 7.19. The van der Waals surface area contributed by atoms with E-state index in [4.69, 9.17) is 19.3 Å². The summed E-state index contributed by atoms with van der Waals surface area (Å²) >= 11 is 0. The third-order valence-corrected chi connectivity index (χ3v) is 4.24. The number of nitrogens with one attached hydrogen (secondary N) is 1. The summed E-state index contributed by atoms with van der Waals surface area (Å²) in [6.45, 7) is -1.04. The molecule has 5 N–H and O–H groups in total. The van der Waals surface area contributed by atoms with Crippen molar-refractivity contribution in [3.8, 4) is 5.75 Å². The van der Waals surface area contributed by atoms with Crippen molar-refractivity contribution in [3.63, 3.8) is 0 Å². The molecule has 142 valence electrons. The Morgan fingerprint density at radius 2 is 2.08 bits per heavy atom. The highest BCUT2D eigenvalue weighted by atomic mass is 16.7. The van der Waals surface area contributed by atoms with Gasteiger partial charge in [-0.1, -0.05) is 12.1 Å². The monoisotopic (exact) mass is 367 g/mol. The Kier molecular flexibility index (Phi) is 5.56. The number of rotatable bonds is 7. The van der Waals surface area contributed by atoms with E-state index >= 15 is 0 Å². The Bertz CT molecular complexity index is 762. The van der Waals surface area contributed by atoms with Crippen LogP contribution < -0.4 is 4.74 Å². The van der Waals surface area contributed by atoms with Crippen molar-refractivity contribution in [2.45, 2.75) is 30.5 Å². The number of aromatic nitrogens is 1. The van der Waals surface area contributed by atoms with Crippen LogP contribution in [-0.2, 0) is 14.3 Å². The lowest BCUT2D eigenvalue weighted by atomic mass is 10.1. The zero-order valence-electron chi connectivity index (χ0n) is 13.9. The number of aromatic amines is 1. The summed E-state index contributed by atoms with van der Waals surface area (Å²) in [5, 5.41) is 39.1. The first-order valence-electron chi connectivity index (χ1n) is 8.19. The van der Waals surface area contributed by atoms with Gasteiger partial charge in [0, 0.05) is 30.3 Å². The lowest BCUT2D eigenvalue weighted by Gasteiger charge is -2.23. The summed E-state index contributed by atoms with van der Waals surface area (Å²) in [7, 11) is 0. The van der Waals surface area contributed by atoms with Crippen molar-refractivity contribution < 1.29 is 39.4 Å². The highest BCUT2D eigenvalue weighted by Gasteiger charge is 2.57. The molecule has 0 aliphatic carbocycles. The summed E-state index contributed by atoms with van der Waals surface area (Å²) in [4.78, 5) is 15.5. The third-order valence-electron chi connectivity index (χ3n) is 4.24. The largest absolute Gasteiger partial charge is 0.422 e. The van der Waals surface area contributed by atoms with Crippen LogP contribution in [0.5, 0.6) is 5.75 Å². The van der Waals surface area contributed by atoms with E-state index in [1.807, 2.05) is 12.1 Å². The van der Waals surface area contributed by atoms with E-state index in [0.29, 0.717) is 5.39 Å². The van der Waals surface area contributed by atoms with Gasteiger partial charge in [-0.05, 0) is 18.6 Å². The third kappa shape index (κ3) is 3.45. The van der Waals surface area contributed by atoms with Gasteiger partial charge in [0.25, 0.3) is 0 Å². The second-order valence-corrected chi connectivity index (χ2v) is 6.02. The molecule has 1 fully saturated rings. The number of aliphatic hydroxyl groups excluding tert-OH is 3. The molecule has 0 saturated carbocycles. The second kappa shape index (κ2) is 7.70. The van der Waals surface area contributed by atoms with Gasteiger partial charge >= 0.3 is 5.97 Å². The Balaban J connectivity index is 1.78. The highest BCUT2D eigenvalue weighted by molar-refractivity contribution is 5.89. The van der Waals surface area contributed by atoms with Gasteiger partial charge in [-0.2, -0.15) is 0 Å². The molecule has 4 atom stereocenters. The number of carbonyl (C=O) groups is 1. The van der Waals surface area contributed by atoms with Gasteiger partial charge in [0.05, 0.1) is 6.61 Å². The molecule has 0 bridgehead atoms. The van der Waals surface area contributed by atoms with Crippen LogP contribution in [0.25, 0.3) is 10.9 Å². The summed E-state index contributed by atoms with van der Waals surface area (Å²) in [5.74, 6) is -2.96. The highest BCUT2D eigenvalue weighted by Crippen LogP contribution is 2.33. The molecular formula is C17H21NO8.